The molecule has 0 saturated carbocycles. The number of fused-ring (bicyclic) bond motifs is 1. The Bertz CT molecular complexity index is 1060. The summed E-state index contributed by atoms with van der Waals surface area (Å²) < 4.78 is 12.1. The Balaban J connectivity index is 2.10. The lowest BCUT2D eigenvalue weighted by molar-refractivity contribution is -0.133. The number of rotatable bonds is 6. The number of benzene rings is 1. The van der Waals surface area contributed by atoms with Gasteiger partial charge in [-0.15, -0.1) is 0 Å². The highest BCUT2D eigenvalue weighted by molar-refractivity contribution is 6.18. The molecule has 0 radical (unpaired) electrons. The smallest absolute Gasteiger partial charge is 0.419 e. The van der Waals surface area contributed by atoms with Gasteiger partial charge in [0, 0.05) is 18.5 Å². The number of carbonyl (C=O) groups excluding carboxylic acids is 2. The Hall–Kier alpha value is -3.02. The molecule has 0 N–H and O–H groups in total. The van der Waals surface area contributed by atoms with Gasteiger partial charge in [0.25, 0.3) is 0 Å². The van der Waals surface area contributed by atoms with E-state index < -0.39 is 17.7 Å². The van der Waals surface area contributed by atoms with Gasteiger partial charge in [-0.3, -0.25) is 0 Å². The third-order valence-electron chi connectivity index (χ3n) is 5.68. The number of hydrogen-bond donors (Lipinski definition) is 0. The average molecular weight is 439 g/mol. The molecule has 6 nitrogen and oxygen atoms in total. The minimum Gasteiger partial charge on any atom is -0.465 e. The second kappa shape index (κ2) is 9.63. The van der Waals surface area contributed by atoms with E-state index >= 15 is 0 Å². The number of nitrogens with zero attached hydrogens (tertiary/aromatic N) is 2. The molecule has 1 aromatic heterocycles. The summed E-state index contributed by atoms with van der Waals surface area (Å²) in [5, 5.41) is 0.912. The van der Waals surface area contributed by atoms with Crippen LogP contribution < -0.4 is 0 Å². The van der Waals surface area contributed by atoms with Crippen molar-refractivity contribution in [1.82, 2.24) is 9.47 Å². The summed E-state index contributed by atoms with van der Waals surface area (Å²) in [5.41, 5.74) is 2.98. The van der Waals surface area contributed by atoms with Crippen LogP contribution in [0.2, 0.25) is 0 Å². The topological polar surface area (TPSA) is 60.8 Å². The number of para-hydroxylation sites is 1. The molecule has 3 rings (SSSR count). The first-order valence-electron chi connectivity index (χ1n) is 11.2. The Kier molecular flexibility index (Phi) is 7.12. The fraction of sp³-hybridized carbons (Fsp3) is 0.462. The molecular weight excluding hydrogens is 404 g/mol. The van der Waals surface area contributed by atoms with Crippen LogP contribution in [0.3, 0.4) is 0 Å². The summed E-state index contributed by atoms with van der Waals surface area (Å²) in [5.74, 6) is -0.565. The van der Waals surface area contributed by atoms with Crippen LogP contribution in [-0.4, -0.2) is 47.3 Å². The number of esters is 1. The van der Waals surface area contributed by atoms with Gasteiger partial charge < -0.3 is 14.4 Å². The van der Waals surface area contributed by atoms with Crippen molar-refractivity contribution in [3.05, 3.63) is 53.9 Å². The van der Waals surface area contributed by atoms with Crippen LogP contribution >= 0.6 is 0 Å². The first-order valence-corrected chi connectivity index (χ1v) is 11.2. The van der Waals surface area contributed by atoms with Crippen LogP contribution in [0, 0.1) is 0 Å². The molecule has 1 aliphatic heterocycles. The predicted octanol–water partition coefficient (Wildman–Crippen LogP) is 5.54. The van der Waals surface area contributed by atoms with Crippen molar-refractivity contribution in [3.63, 3.8) is 0 Å². The lowest BCUT2D eigenvalue weighted by Gasteiger charge is -2.27. The molecule has 0 fully saturated rings. The second-order valence-electron chi connectivity index (χ2n) is 9.16. The van der Waals surface area contributed by atoms with Gasteiger partial charge in [-0.2, -0.15) is 0 Å². The lowest BCUT2D eigenvalue weighted by atomic mass is 10.0. The fourth-order valence-electron chi connectivity index (χ4n) is 4.19. The Labute approximate surface area is 190 Å². The molecule has 0 aliphatic carbocycles. The van der Waals surface area contributed by atoms with Gasteiger partial charge in [0.05, 0.1) is 23.9 Å². The van der Waals surface area contributed by atoms with Gasteiger partial charge in [0.2, 0.25) is 0 Å². The largest absolute Gasteiger partial charge is 0.465 e. The lowest BCUT2D eigenvalue weighted by Crippen LogP contribution is -2.29. The van der Waals surface area contributed by atoms with Crippen LogP contribution in [0.5, 0.6) is 0 Å². The molecule has 1 aliphatic rings. The highest BCUT2D eigenvalue weighted by atomic mass is 16.6. The maximum atomic E-state index is 13.2. The van der Waals surface area contributed by atoms with Crippen molar-refractivity contribution in [2.45, 2.75) is 59.0 Å². The molecule has 0 spiro atoms. The van der Waals surface area contributed by atoms with Gasteiger partial charge in [-0.05, 0) is 64.3 Å². The number of ether oxygens (including phenoxy) is 2. The quantitative estimate of drug-likeness (QED) is 0.438. The van der Waals surface area contributed by atoms with E-state index in [-0.39, 0.29) is 5.57 Å². The van der Waals surface area contributed by atoms with Crippen LogP contribution in [0.1, 0.15) is 58.2 Å². The van der Waals surface area contributed by atoms with Gasteiger partial charge in [0.15, 0.2) is 0 Å². The van der Waals surface area contributed by atoms with Gasteiger partial charge >= 0.3 is 12.1 Å². The SMILES string of the molecule is C=C(C(=O)OC)c1c(CCN2C=C(CC)CCC2)c2ccccc2n1C(=O)OC(C)(C)C. The fourth-order valence-corrected chi connectivity index (χ4v) is 4.19. The number of hydrogen-bond acceptors (Lipinski definition) is 5. The molecule has 0 amide bonds. The number of aromatic nitrogens is 1. The summed E-state index contributed by atoms with van der Waals surface area (Å²) >= 11 is 0. The molecule has 1 aromatic carbocycles. The average Bonchev–Trinajstić information content (AvgIpc) is 3.10. The van der Waals surface area contributed by atoms with E-state index in [0.29, 0.717) is 17.6 Å². The maximum Gasteiger partial charge on any atom is 0.419 e. The van der Waals surface area contributed by atoms with Crippen molar-refractivity contribution in [2.75, 3.05) is 20.2 Å². The molecule has 0 saturated heterocycles. The zero-order chi connectivity index (χ0) is 23.5. The number of carbonyl (C=O) groups is 2. The molecule has 172 valence electrons. The standard InChI is InChI=1S/C26H34N2O4/c1-7-19-11-10-15-27(17-19)16-14-21-20-12-8-9-13-22(20)28(25(30)32-26(3,4)5)23(21)18(2)24(29)31-6/h8-9,12-13,17H,2,7,10-11,14-16H2,1,3-6H3. The van der Waals surface area contributed by atoms with E-state index in [1.54, 1.807) is 0 Å². The second-order valence-corrected chi connectivity index (χ2v) is 9.16. The molecular formula is C26H34N2O4. The molecule has 0 bridgehead atoms. The molecule has 0 unspecified atom stereocenters. The highest BCUT2D eigenvalue weighted by Gasteiger charge is 2.29. The third kappa shape index (κ3) is 5.06. The first-order chi connectivity index (χ1) is 15.2. The number of allylic oxidation sites excluding steroid dienone is 1. The van der Waals surface area contributed by atoms with E-state index in [9.17, 15) is 9.59 Å². The summed E-state index contributed by atoms with van der Waals surface area (Å²) in [4.78, 5) is 28.0. The van der Waals surface area contributed by atoms with Crippen LogP contribution in [0.25, 0.3) is 16.5 Å². The van der Waals surface area contributed by atoms with E-state index in [1.807, 2.05) is 45.0 Å². The highest BCUT2D eigenvalue weighted by Crippen LogP contribution is 2.33. The summed E-state index contributed by atoms with van der Waals surface area (Å²) in [6.45, 7) is 13.4. The van der Waals surface area contributed by atoms with E-state index in [4.69, 9.17) is 9.47 Å². The maximum absolute atomic E-state index is 13.2. The van der Waals surface area contributed by atoms with Crippen molar-refractivity contribution in [3.8, 4) is 0 Å². The molecule has 32 heavy (non-hydrogen) atoms. The van der Waals surface area contributed by atoms with Crippen molar-refractivity contribution >= 4 is 28.5 Å². The Morgan fingerprint density at radius 3 is 2.56 bits per heavy atom. The Morgan fingerprint density at radius 2 is 1.91 bits per heavy atom. The van der Waals surface area contributed by atoms with Gasteiger partial charge in [-0.1, -0.05) is 37.3 Å². The van der Waals surface area contributed by atoms with E-state index in [1.165, 1.54) is 17.3 Å². The van der Waals surface area contributed by atoms with E-state index in [2.05, 4.69) is 24.6 Å². The van der Waals surface area contributed by atoms with Crippen molar-refractivity contribution in [1.29, 1.82) is 0 Å². The summed E-state index contributed by atoms with van der Waals surface area (Å²) in [7, 11) is 1.32. The zero-order valence-electron chi connectivity index (χ0n) is 19.9. The Morgan fingerprint density at radius 1 is 1.19 bits per heavy atom. The van der Waals surface area contributed by atoms with Gasteiger partial charge in [-0.25, -0.2) is 14.2 Å². The van der Waals surface area contributed by atoms with Gasteiger partial charge in [0.1, 0.15) is 5.60 Å². The third-order valence-corrected chi connectivity index (χ3v) is 5.68. The van der Waals surface area contributed by atoms with Crippen molar-refractivity contribution < 1.29 is 19.1 Å². The minimum absolute atomic E-state index is 0.146. The van der Waals surface area contributed by atoms with Crippen molar-refractivity contribution in [2.24, 2.45) is 0 Å². The molecule has 2 heterocycles. The zero-order valence-corrected chi connectivity index (χ0v) is 19.9. The summed E-state index contributed by atoms with van der Waals surface area (Å²) in [6.07, 6.45) is 5.72. The molecule has 6 heteroatoms. The van der Waals surface area contributed by atoms with Crippen LogP contribution in [-0.2, 0) is 20.7 Å². The van der Waals surface area contributed by atoms with Crippen LogP contribution in [0.15, 0.2) is 42.6 Å². The minimum atomic E-state index is -0.679. The summed E-state index contributed by atoms with van der Waals surface area (Å²) in [6, 6.07) is 7.65. The van der Waals surface area contributed by atoms with Crippen LogP contribution in [0.4, 0.5) is 4.79 Å². The normalized spacial score (nSPS) is 14.3. The first kappa shape index (κ1) is 23.6. The monoisotopic (exact) mass is 438 g/mol. The van der Waals surface area contributed by atoms with E-state index in [0.717, 1.165) is 43.3 Å². The molecule has 2 aromatic rings. The number of methoxy groups -OCH3 is 1. The molecule has 0 atom stereocenters. The predicted molar refractivity (Wildman–Crippen MR) is 128 cm³/mol.